The molecule has 1 aliphatic rings. The van der Waals surface area contributed by atoms with E-state index in [4.69, 9.17) is 10.5 Å². The fourth-order valence-corrected chi connectivity index (χ4v) is 4.46. The van der Waals surface area contributed by atoms with Gasteiger partial charge in [0.15, 0.2) is 9.84 Å². The highest BCUT2D eigenvalue weighted by atomic mass is 32.2. The van der Waals surface area contributed by atoms with Crippen LogP contribution in [-0.4, -0.2) is 39.0 Å². The summed E-state index contributed by atoms with van der Waals surface area (Å²) in [7, 11) is -1.86. The van der Waals surface area contributed by atoms with Crippen molar-refractivity contribution >= 4 is 15.8 Å². The molecular weight excluding hydrogens is 278 g/mol. The molecule has 0 bridgehead atoms. The van der Waals surface area contributed by atoms with E-state index in [0.29, 0.717) is 6.42 Å². The molecule has 110 valence electrons. The Hall–Kier alpha value is -1.40. The van der Waals surface area contributed by atoms with Gasteiger partial charge in [0.2, 0.25) is 0 Å². The van der Waals surface area contributed by atoms with Crippen LogP contribution in [0.4, 0.5) is 0 Å². The predicted molar refractivity (Wildman–Crippen MR) is 75.8 cm³/mol. The Morgan fingerprint density at radius 1 is 1.40 bits per heavy atom. The Balaban J connectivity index is 2.34. The van der Waals surface area contributed by atoms with E-state index in [1.54, 1.807) is 0 Å². The molecule has 20 heavy (non-hydrogen) atoms. The van der Waals surface area contributed by atoms with Crippen molar-refractivity contribution in [1.82, 2.24) is 0 Å². The lowest BCUT2D eigenvalue weighted by atomic mass is 9.73. The zero-order valence-corrected chi connectivity index (χ0v) is 12.2. The maximum Gasteiger partial charge on any atom is 0.313 e. The third-order valence-electron chi connectivity index (χ3n) is 3.96. The molecule has 1 aliphatic heterocycles. The maximum atomic E-state index is 12.2. The first-order chi connectivity index (χ1) is 9.39. The van der Waals surface area contributed by atoms with E-state index in [-0.39, 0.29) is 17.9 Å². The molecule has 1 fully saturated rings. The van der Waals surface area contributed by atoms with Crippen LogP contribution in [0.1, 0.15) is 12.0 Å². The number of carbonyl (C=O) groups is 1. The van der Waals surface area contributed by atoms with E-state index in [9.17, 15) is 13.2 Å². The van der Waals surface area contributed by atoms with Gasteiger partial charge in [-0.05, 0) is 18.4 Å². The maximum absolute atomic E-state index is 12.2. The van der Waals surface area contributed by atoms with Gasteiger partial charge in [0.25, 0.3) is 0 Å². The highest BCUT2D eigenvalue weighted by molar-refractivity contribution is 7.91. The van der Waals surface area contributed by atoms with Crippen LogP contribution in [0.3, 0.4) is 0 Å². The summed E-state index contributed by atoms with van der Waals surface area (Å²) in [6, 6.07) is 8.71. The van der Waals surface area contributed by atoms with Gasteiger partial charge >= 0.3 is 5.97 Å². The summed E-state index contributed by atoms with van der Waals surface area (Å²) in [4.78, 5) is 12.2. The van der Waals surface area contributed by atoms with Crippen molar-refractivity contribution in [3.63, 3.8) is 0 Å². The quantitative estimate of drug-likeness (QED) is 0.823. The first-order valence-electron chi connectivity index (χ1n) is 6.48. The van der Waals surface area contributed by atoms with Gasteiger partial charge in [-0.2, -0.15) is 0 Å². The molecule has 2 atom stereocenters. The smallest absolute Gasteiger partial charge is 0.313 e. The number of methoxy groups -OCH3 is 1. The van der Waals surface area contributed by atoms with Crippen LogP contribution in [0.15, 0.2) is 30.3 Å². The summed E-state index contributed by atoms with van der Waals surface area (Å²) >= 11 is 0. The van der Waals surface area contributed by atoms with Crippen LogP contribution in [0.25, 0.3) is 0 Å². The number of esters is 1. The minimum absolute atomic E-state index is 0.0252. The first kappa shape index (κ1) is 15.0. The monoisotopic (exact) mass is 297 g/mol. The molecule has 1 aromatic carbocycles. The molecule has 2 rings (SSSR count). The number of hydrogen-bond acceptors (Lipinski definition) is 5. The Labute approximate surface area is 119 Å². The summed E-state index contributed by atoms with van der Waals surface area (Å²) in [5, 5.41) is 0. The summed E-state index contributed by atoms with van der Waals surface area (Å²) in [6.07, 6.45) is 0.606. The molecule has 0 aromatic heterocycles. The lowest BCUT2D eigenvalue weighted by Crippen LogP contribution is -2.57. The molecule has 0 aliphatic carbocycles. The summed E-state index contributed by atoms with van der Waals surface area (Å²) in [6.45, 7) is 0. The Morgan fingerprint density at radius 3 is 2.60 bits per heavy atom. The topological polar surface area (TPSA) is 86.5 Å². The molecular formula is C14H19NO4S. The summed E-state index contributed by atoms with van der Waals surface area (Å²) in [5.41, 5.74) is 6.03. The van der Waals surface area contributed by atoms with Crippen molar-refractivity contribution in [3.8, 4) is 0 Å². The van der Waals surface area contributed by atoms with Gasteiger partial charge in [0, 0.05) is 6.04 Å². The van der Waals surface area contributed by atoms with Gasteiger partial charge in [-0.3, -0.25) is 4.79 Å². The third-order valence-corrected chi connectivity index (χ3v) is 5.65. The molecule has 6 heteroatoms. The number of benzene rings is 1. The van der Waals surface area contributed by atoms with Gasteiger partial charge in [-0.1, -0.05) is 30.3 Å². The standard InChI is InChI=1S/C14H19NO4S/c1-19-13(16)14(9-11-5-3-2-4-6-11)7-8-20(17,18)10-12(14)15/h2-6,12H,7-10,15H2,1H3. The number of carbonyl (C=O) groups excluding carboxylic acids is 1. The number of ether oxygens (including phenoxy) is 1. The normalized spacial score (nSPS) is 28.8. The van der Waals surface area contributed by atoms with Crippen molar-refractivity contribution in [1.29, 1.82) is 0 Å². The molecule has 2 unspecified atom stereocenters. The SMILES string of the molecule is COC(=O)C1(Cc2ccccc2)CCS(=O)(=O)CC1N. The van der Waals surface area contributed by atoms with Crippen LogP contribution in [0.2, 0.25) is 0 Å². The Morgan fingerprint density at radius 2 is 2.05 bits per heavy atom. The molecule has 0 radical (unpaired) electrons. The van der Waals surface area contributed by atoms with E-state index in [0.717, 1.165) is 5.56 Å². The second-order valence-electron chi connectivity index (χ2n) is 5.28. The van der Waals surface area contributed by atoms with Gasteiger partial charge < -0.3 is 10.5 Å². The Kier molecular flexibility index (Phi) is 4.15. The highest BCUT2D eigenvalue weighted by Crippen LogP contribution is 2.36. The van der Waals surface area contributed by atoms with Crippen LogP contribution >= 0.6 is 0 Å². The number of nitrogens with two attached hydrogens (primary N) is 1. The van der Waals surface area contributed by atoms with Gasteiger partial charge in [0.1, 0.15) is 0 Å². The van der Waals surface area contributed by atoms with E-state index in [1.807, 2.05) is 30.3 Å². The van der Waals surface area contributed by atoms with E-state index < -0.39 is 27.3 Å². The summed E-state index contributed by atoms with van der Waals surface area (Å²) in [5.74, 6) is -0.624. The molecule has 1 heterocycles. The zero-order chi connectivity index (χ0) is 14.8. The fourth-order valence-electron chi connectivity index (χ4n) is 2.75. The predicted octanol–water partition coefficient (Wildman–Crippen LogP) is 0.534. The molecule has 0 amide bonds. The van der Waals surface area contributed by atoms with Crippen LogP contribution in [0, 0.1) is 5.41 Å². The first-order valence-corrected chi connectivity index (χ1v) is 8.30. The zero-order valence-electron chi connectivity index (χ0n) is 11.4. The number of rotatable bonds is 3. The molecule has 5 nitrogen and oxygen atoms in total. The second kappa shape index (κ2) is 5.54. The van der Waals surface area contributed by atoms with Gasteiger partial charge in [0.05, 0.1) is 24.0 Å². The van der Waals surface area contributed by atoms with Crippen LogP contribution in [0.5, 0.6) is 0 Å². The van der Waals surface area contributed by atoms with E-state index in [1.165, 1.54) is 7.11 Å². The Bertz CT molecular complexity index is 584. The van der Waals surface area contributed by atoms with Crippen molar-refractivity contribution in [2.24, 2.45) is 11.1 Å². The minimum Gasteiger partial charge on any atom is -0.469 e. The van der Waals surface area contributed by atoms with Gasteiger partial charge in [-0.25, -0.2) is 8.42 Å². The summed E-state index contributed by atoms with van der Waals surface area (Å²) < 4.78 is 28.3. The molecule has 0 spiro atoms. The van der Waals surface area contributed by atoms with Gasteiger partial charge in [-0.15, -0.1) is 0 Å². The third kappa shape index (κ3) is 2.86. The molecule has 1 saturated heterocycles. The average molecular weight is 297 g/mol. The lowest BCUT2D eigenvalue weighted by Gasteiger charge is -2.39. The number of hydrogen-bond donors (Lipinski definition) is 1. The van der Waals surface area contributed by atoms with Crippen molar-refractivity contribution in [3.05, 3.63) is 35.9 Å². The van der Waals surface area contributed by atoms with Crippen molar-refractivity contribution in [2.45, 2.75) is 18.9 Å². The van der Waals surface area contributed by atoms with E-state index in [2.05, 4.69) is 0 Å². The molecule has 0 saturated carbocycles. The highest BCUT2D eigenvalue weighted by Gasteiger charge is 2.50. The van der Waals surface area contributed by atoms with Crippen LogP contribution in [-0.2, 0) is 25.8 Å². The molecule has 2 N–H and O–H groups in total. The largest absolute Gasteiger partial charge is 0.469 e. The van der Waals surface area contributed by atoms with E-state index >= 15 is 0 Å². The molecule has 1 aromatic rings. The van der Waals surface area contributed by atoms with Crippen molar-refractivity contribution in [2.75, 3.05) is 18.6 Å². The van der Waals surface area contributed by atoms with Crippen molar-refractivity contribution < 1.29 is 17.9 Å². The average Bonchev–Trinajstić information content (AvgIpc) is 2.42. The lowest BCUT2D eigenvalue weighted by molar-refractivity contribution is -0.154. The fraction of sp³-hybridized carbons (Fsp3) is 0.500. The number of sulfone groups is 1. The minimum atomic E-state index is -3.17. The van der Waals surface area contributed by atoms with Crippen LogP contribution < -0.4 is 5.73 Å². The second-order valence-corrected chi connectivity index (χ2v) is 7.51.